The number of hydrogen-bond donors (Lipinski definition) is 0. The van der Waals surface area contributed by atoms with Crippen molar-refractivity contribution in [3.63, 3.8) is 0 Å². The van der Waals surface area contributed by atoms with Crippen LogP contribution >= 0.6 is 0 Å². The second-order valence-corrected chi connectivity index (χ2v) is 3.40. The zero-order chi connectivity index (χ0) is 12.5. The average Bonchev–Trinajstić information content (AvgIpc) is 2.41. The summed E-state index contributed by atoms with van der Waals surface area (Å²) in [5, 5.41) is 16.8. The van der Waals surface area contributed by atoms with E-state index in [1.165, 1.54) is 0 Å². The van der Waals surface area contributed by atoms with Gasteiger partial charge in [0, 0.05) is 0 Å². The largest absolute Gasteiger partial charge is 0.192 e. The predicted octanol–water partition coefficient (Wildman–Crippen LogP) is 3.42. The lowest BCUT2D eigenvalue weighted by Gasteiger charge is -1.90. The summed E-state index contributed by atoms with van der Waals surface area (Å²) in [7, 11) is 0. The summed E-state index contributed by atoms with van der Waals surface area (Å²) in [6, 6.07) is 20.8. The van der Waals surface area contributed by atoms with Crippen LogP contribution in [0.25, 0.3) is 0 Å². The molecule has 2 aromatic rings. The fourth-order valence-corrected chi connectivity index (χ4v) is 1.21. The third-order valence-corrected chi connectivity index (χ3v) is 2.17. The first kappa shape index (κ1) is 12.5. The first-order valence-corrected chi connectivity index (χ1v) is 5.19. The molecule has 2 nitrogen and oxygen atoms in total. The molecule has 0 amide bonds. The third kappa shape index (κ3) is 4.20. The van der Waals surface area contributed by atoms with Gasteiger partial charge in [-0.05, 0) is 30.7 Å². The van der Waals surface area contributed by atoms with Crippen LogP contribution in [-0.4, -0.2) is 0 Å². The Labute approximate surface area is 101 Å². The maximum atomic E-state index is 8.47. The van der Waals surface area contributed by atoms with Crippen molar-refractivity contribution in [1.82, 2.24) is 0 Å². The molecule has 0 aliphatic heterocycles. The fourth-order valence-electron chi connectivity index (χ4n) is 1.21. The predicted molar refractivity (Wildman–Crippen MR) is 67.1 cm³/mol. The summed E-state index contributed by atoms with van der Waals surface area (Å²) in [6.07, 6.45) is 0. The summed E-state index contributed by atoms with van der Waals surface area (Å²) in [5.41, 5.74) is 2.52. The second-order valence-electron chi connectivity index (χ2n) is 3.40. The van der Waals surface area contributed by atoms with Crippen LogP contribution in [0, 0.1) is 29.6 Å². The Morgan fingerprint density at radius 2 is 1.35 bits per heavy atom. The number of nitriles is 2. The van der Waals surface area contributed by atoms with Crippen LogP contribution in [0.15, 0.2) is 54.6 Å². The van der Waals surface area contributed by atoms with Gasteiger partial charge in [-0.2, -0.15) is 10.5 Å². The smallest absolute Gasteiger partial charge is 0.0994 e. The van der Waals surface area contributed by atoms with Crippen LogP contribution in [0.1, 0.15) is 16.7 Å². The number of rotatable bonds is 0. The maximum Gasteiger partial charge on any atom is 0.0994 e. The Morgan fingerprint density at radius 1 is 0.765 bits per heavy atom. The van der Waals surface area contributed by atoms with E-state index in [4.69, 9.17) is 10.5 Å². The van der Waals surface area contributed by atoms with Gasteiger partial charge in [0.1, 0.15) is 0 Å². The highest BCUT2D eigenvalue weighted by atomic mass is 14.2. The molecule has 17 heavy (non-hydrogen) atoms. The average molecular weight is 220 g/mol. The van der Waals surface area contributed by atoms with Crippen LogP contribution in [0.5, 0.6) is 0 Å². The summed E-state index contributed by atoms with van der Waals surface area (Å²) >= 11 is 0. The van der Waals surface area contributed by atoms with Gasteiger partial charge in [-0.15, -0.1) is 0 Å². The number of hydrogen-bond acceptors (Lipinski definition) is 2. The van der Waals surface area contributed by atoms with Gasteiger partial charge in [0.2, 0.25) is 0 Å². The summed E-state index contributed by atoms with van der Waals surface area (Å²) in [4.78, 5) is 0. The van der Waals surface area contributed by atoms with Gasteiger partial charge in [-0.25, -0.2) is 0 Å². The fraction of sp³-hybridized carbons (Fsp3) is 0.0667. The van der Waals surface area contributed by atoms with E-state index in [1.54, 1.807) is 12.1 Å². The molecule has 2 rings (SSSR count). The molecule has 2 heteroatoms. The monoisotopic (exact) mass is 220 g/mol. The van der Waals surface area contributed by atoms with Gasteiger partial charge >= 0.3 is 0 Å². The molecule has 0 N–H and O–H groups in total. The molecule has 0 heterocycles. The van der Waals surface area contributed by atoms with Gasteiger partial charge in [-0.3, -0.25) is 0 Å². The quantitative estimate of drug-likeness (QED) is 0.682. The molecule has 0 saturated heterocycles. The van der Waals surface area contributed by atoms with E-state index in [-0.39, 0.29) is 0 Å². The van der Waals surface area contributed by atoms with Crippen LogP contribution in [0.2, 0.25) is 0 Å². The Bertz CT molecular complexity index is 545. The summed E-state index contributed by atoms with van der Waals surface area (Å²) in [6.45, 7) is 1.93. The van der Waals surface area contributed by atoms with E-state index in [2.05, 4.69) is 6.07 Å². The normalized spacial score (nSPS) is 8.18. The molecule has 0 aliphatic rings. The molecule has 2 aromatic carbocycles. The second kappa shape index (κ2) is 6.82. The van der Waals surface area contributed by atoms with Gasteiger partial charge in [0.05, 0.1) is 23.3 Å². The Kier molecular flexibility index (Phi) is 5.01. The molecule has 0 radical (unpaired) electrons. The standard InChI is InChI=1S/C8H7N.C7H5N/c1-7-4-2-3-5-8(7)6-9;8-6-7-4-2-1-3-5-7/h2-5H,1H3;1-5H. The minimum absolute atomic E-state index is 0.715. The van der Waals surface area contributed by atoms with Crippen LogP contribution in [0.4, 0.5) is 0 Å². The topological polar surface area (TPSA) is 47.6 Å². The van der Waals surface area contributed by atoms with Crippen LogP contribution < -0.4 is 0 Å². The van der Waals surface area contributed by atoms with Crippen LogP contribution in [0.3, 0.4) is 0 Å². The minimum atomic E-state index is 0.715. The number of benzene rings is 2. The van der Waals surface area contributed by atoms with Crippen molar-refractivity contribution in [3.8, 4) is 12.1 Å². The van der Waals surface area contributed by atoms with E-state index >= 15 is 0 Å². The SMILES string of the molecule is Cc1ccccc1C#N.N#Cc1ccccc1. The minimum Gasteiger partial charge on any atom is -0.192 e. The molecular formula is C15H12N2. The lowest BCUT2D eigenvalue weighted by molar-refractivity contribution is 1.39. The maximum absolute atomic E-state index is 8.47. The van der Waals surface area contributed by atoms with E-state index in [1.807, 2.05) is 55.5 Å². The Balaban J connectivity index is 0.000000171. The molecule has 0 atom stereocenters. The molecule has 0 aromatic heterocycles. The lowest BCUT2D eigenvalue weighted by Crippen LogP contribution is -1.77. The van der Waals surface area contributed by atoms with E-state index in [0.717, 1.165) is 11.1 Å². The molecular weight excluding hydrogens is 208 g/mol. The molecule has 0 aliphatic carbocycles. The van der Waals surface area contributed by atoms with E-state index in [0.29, 0.717) is 5.56 Å². The van der Waals surface area contributed by atoms with E-state index < -0.39 is 0 Å². The number of aryl methyl sites for hydroxylation is 1. The van der Waals surface area contributed by atoms with Crippen molar-refractivity contribution in [3.05, 3.63) is 71.3 Å². The van der Waals surface area contributed by atoms with Crippen molar-refractivity contribution in [1.29, 1.82) is 10.5 Å². The molecule has 0 unspecified atom stereocenters. The number of nitrogens with zero attached hydrogens (tertiary/aromatic N) is 2. The third-order valence-electron chi connectivity index (χ3n) is 2.17. The molecule has 82 valence electrons. The Morgan fingerprint density at radius 3 is 1.76 bits per heavy atom. The zero-order valence-electron chi connectivity index (χ0n) is 9.59. The zero-order valence-corrected chi connectivity index (χ0v) is 9.59. The highest BCUT2D eigenvalue weighted by molar-refractivity contribution is 5.35. The van der Waals surface area contributed by atoms with Crippen molar-refractivity contribution >= 4 is 0 Å². The van der Waals surface area contributed by atoms with Gasteiger partial charge in [-0.1, -0.05) is 36.4 Å². The summed E-state index contributed by atoms with van der Waals surface area (Å²) < 4.78 is 0. The highest BCUT2D eigenvalue weighted by Crippen LogP contribution is 2.03. The Hall–Kier alpha value is -2.58. The molecule has 0 saturated carbocycles. The van der Waals surface area contributed by atoms with Gasteiger partial charge in [0.15, 0.2) is 0 Å². The summed E-state index contributed by atoms with van der Waals surface area (Å²) in [5.74, 6) is 0. The molecule has 0 bridgehead atoms. The van der Waals surface area contributed by atoms with Crippen molar-refractivity contribution in [2.45, 2.75) is 6.92 Å². The molecule has 0 spiro atoms. The van der Waals surface area contributed by atoms with Crippen molar-refractivity contribution in [2.75, 3.05) is 0 Å². The van der Waals surface area contributed by atoms with Gasteiger partial charge < -0.3 is 0 Å². The first-order chi connectivity index (χ1) is 8.27. The lowest BCUT2D eigenvalue weighted by atomic mass is 10.1. The van der Waals surface area contributed by atoms with E-state index in [9.17, 15) is 0 Å². The van der Waals surface area contributed by atoms with Crippen LogP contribution in [-0.2, 0) is 0 Å². The first-order valence-electron chi connectivity index (χ1n) is 5.19. The van der Waals surface area contributed by atoms with Gasteiger partial charge in [0.25, 0.3) is 0 Å². The highest BCUT2D eigenvalue weighted by Gasteiger charge is 1.90. The molecule has 0 fully saturated rings. The van der Waals surface area contributed by atoms with Crippen molar-refractivity contribution < 1.29 is 0 Å². The van der Waals surface area contributed by atoms with Crippen molar-refractivity contribution in [2.24, 2.45) is 0 Å².